The van der Waals surface area contributed by atoms with Crippen LogP contribution in [0.25, 0.3) is 44.7 Å². The predicted molar refractivity (Wildman–Crippen MR) is 151 cm³/mol. The topological polar surface area (TPSA) is 92.9 Å². The summed E-state index contributed by atoms with van der Waals surface area (Å²) in [5.74, 6) is 0. The van der Waals surface area contributed by atoms with Crippen LogP contribution in [0.1, 0.15) is 24.8 Å². The van der Waals surface area contributed by atoms with Crippen molar-refractivity contribution >= 4 is 27.8 Å². The molecule has 0 radical (unpaired) electrons. The van der Waals surface area contributed by atoms with Crippen molar-refractivity contribution < 1.29 is 0 Å². The van der Waals surface area contributed by atoms with Gasteiger partial charge in [0.1, 0.15) is 16.9 Å². The van der Waals surface area contributed by atoms with Crippen LogP contribution in [0, 0.1) is 0 Å². The Kier molecular flexibility index (Phi) is 6.02. The number of piperazine rings is 1. The zero-order valence-electron chi connectivity index (χ0n) is 21.8. The summed E-state index contributed by atoms with van der Waals surface area (Å²) in [7, 11) is 2.18. The molecule has 0 saturated carbocycles. The Morgan fingerprint density at radius 2 is 1.79 bits per heavy atom. The molecule has 2 fully saturated rings. The number of nitrogens with one attached hydrogen (secondary N) is 2. The number of H-pyrrole nitrogens is 2. The minimum absolute atomic E-state index is 0.807. The number of rotatable bonds is 5. The van der Waals surface area contributed by atoms with E-state index in [1.807, 2.05) is 24.7 Å². The molecule has 2 aliphatic heterocycles. The fourth-order valence-corrected chi connectivity index (χ4v) is 5.80. The van der Waals surface area contributed by atoms with Gasteiger partial charge in [0, 0.05) is 68.0 Å². The molecule has 0 aliphatic carbocycles. The number of pyridine rings is 3. The molecule has 7 heterocycles. The number of hydrogen-bond donors (Lipinski definition) is 2. The third-order valence-electron chi connectivity index (χ3n) is 7.96. The van der Waals surface area contributed by atoms with Crippen molar-refractivity contribution in [1.29, 1.82) is 0 Å². The zero-order valence-corrected chi connectivity index (χ0v) is 21.8. The average Bonchev–Trinajstić information content (AvgIpc) is 3.58. The molecule has 2 aliphatic rings. The Labute approximate surface area is 221 Å². The Balaban J connectivity index is 1.22. The Morgan fingerprint density at radius 1 is 0.921 bits per heavy atom. The van der Waals surface area contributed by atoms with E-state index in [1.54, 1.807) is 0 Å². The van der Waals surface area contributed by atoms with Gasteiger partial charge in [-0.3, -0.25) is 15.0 Å². The minimum atomic E-state index is 0.807. The highest BCUT2D eigenvalue weighted by Crippen LogP contribution is 2.33. The molecule has 5 aromatic heterocycles. The van der Waals surface area contributed by atoms with Crippen molar-refractivity contribution in [2.24, 2.45) is 0 Å². The van der Waals surface area contributed by atoms with Crippen molar-refractivity contribution in [2.75, 3.05) is 51.2 Å². The number of anilines is 1. The van der Waals surface area contributed by atoms with Crippen molar-refractivity contribution in [2.45, 2.75) is 25.8 Å². The van der Waals surface area contributed by atoms with Crippen LogP contribution < -0.4 is 4.90 Å². The van der Waals surface area contributed by atoms with Crippen LogP contribution in [-0.2, 0) is 6.54 Å². The molecule has 9 heteroatoms. The van der Waals surface area contributed by atoms with Crippen LogP contribution >= 0.6 is 0 Å². The summed E-state index contributed by atoms with van der Waals surface area (Å²) in [4.78, 5) is 25.1. The second-order valence-electron chi connectivity index (χ2n) is 10.6. The molecule has 0 amide bonds. The Bertz CT molecular complexity index is 1570. The molecule has 0 unspecified atom stereocenters. The first kappa shape index (κ1) is 23.3. The van der Waals surface area contributed by atoms with E-state index in [9.17, 15) is 0 Å². The zero-order chi connectivity index (χ0) is 25.5. The number of hydrogen-bond acceptors (Lipinski definition) is 7. The molecule has 38 heavy (non-hydrogen) atoms. The molecule has 7 rings (SSSR count). The molecule has 2 N–H and O–H groups in total. The maximum atomic E-state index is 5.06. The smallest absolute Gasteiger partial charge is 0.139 e. The van der Waals surface area contributed by atoms with E-state index < -0.39 is 0 Å². The Morgan fingerprint density at radius 3 is 2.66 bits per heavy atom. The van der Waals surface area contributed by atoms with E-state index in [0.717, 1.165) is 77.4 Å². The molecule has 2 saturated heterocycles. The van der Waals surface area contributed by atoms with Gasteiger partial charge in [-0.05, 0) is 68.9 Å². The molecule has 0 spiro atoms. The summed E-state index contributed by atoms with van der Waals surface area (Å²) in [6, 6.07) is 10.6. The van der Waals surface area contributed by atoms with E-state index in [4.69, 9.17) is 4.98 Å². The lowest BCUT2D eigenvalue weighted by Gasteiger charge is -2.34. The van der Waals surface area contributed by atoms with Crippen LogP contribution in [0.15, 0.2) is 48.9 Å². The van der Waals surface area contributed by atoms with Gasteiger partial charge in [0.05, 0.1) is 16.9 Å². The highest BCUT2D eigenvalue weighted by molar-refractivity contribution is 5.97. The first-order valence-electron chi connectivity index (χ1n) is 13.6. The van der Waals surface area contributed by atoms with Gasteiger partial charge in [-0.15, -0.1) is 0 Å². The molecule has 0 atom stereocenters. The van der Waals surface area contributed by atoms with Crippen LogP contribution in [0.3, 0.4) is 0 Å². The normalized spacial score (nSPS) is 17.6. The molecule has 194 valence electrons. The summed E-state index contributed by atoms with van der Waals surface area (Å²) in [5, 5.41) is 8.94. The largest absolute Gasteiger partial charge is 0.368 e. The highest BCUT2D eigenvalue weighted by Gasteiger charge is 2.20. The summed E-state index contributed by atoms with van der Waals surface area (Å²) >= 11 is 0. The third-order valence-corrected chi connectivity index (χ3v) is 7.96. The molecule has 0 aromatic carbocycles. The van der Waals surface area contributed by atoms with Gasteiger partial charge in [-0.2, -0.15) is 5.10 Å². The van der Waals surface area contributed by atoms with Crippen LogP contribution in [0.4, 0.5) is 5.69 Å². The number of aromatic nitrogens is 6. The fourth-order valence-electron chi connectivity index (χ4n) is 5.80. The summed E-state index contributed by atoms with van der Waals surface area (Å²) in [6.45, 7) is 7.43. The predicted octanol–water partition coefficient (Wildman–Crippen LogP) is 4.30. The van der Waals surface area contributed by atoms with E-state index in [2.05, 4.69) is 71.2 Å². The molecular formula is C29H33N9. The SMILES string of the molecule is CN1CCN(c2ccnc3[nH]c(-c4n[nH]c5ccc(-c6cncc(CN7CCCCC7)c6)nc45)cc23)CC1. The average molecular weight is 508 g/mol. The maximum absolute atomic E-state index is 5.06. The van der Waals surface area contributed by atoms with Gasteiger partial charge < -0.3 is 14.8 Å². The van der Waals surface area contributed by atoms with Crippen molar-refractivity contribution in [3.63, 3.8) is 0 Å². The van der Waals surface area contributed by atoms with Crippen molar-refractivity contribution in [3.05, 3.63) is 54.5 Å². The Hall–Kier alpha value is -3.82. The van der Waals surface area contributed by atoms with Gasteiger partial charge in [0.2, 0.25) is 0 Å². The van der Waals surface area contributed by atoms with Gasteiger partial charge in [0.15, 0.2) is 0 Å². The van der Waals surface area contributed by atoms with Crippen LogP contribution in [-0.4, -0.2) is 86.2 Å². The van der Waals surface area contributed by atoms with E-state index in [0.29, 0.717) is 0 Å². The standard InChI is InChI=1S/C29H33N9/c1-36-11-13-38(14-12-36)26-7-8-31-29-22(26)16-25(33-29)28-27-24(34-35-28)6-5-23(32-27)21-15-20(17-30-18-21)19-37-9-3-2-4-10-37/h5-8,15-18H,2-4,9-14,19H2,1H3,(H,31,33)(H,34,35). The summed E-state index contributed by atoms with van der Waals surface area (Å²) in [5.41, 5.74) is 8.74. The number of likely N-dealkylation sites (tertiary alicyclic amines) is 1. The van der Waals surface area contributed by atoms with Crippen molar-refractivity contribution in [3.8, 4) is 22.6 Å². The molecule has 9 nitrogen and oxygen atoms in total. The van der Waals surface area contributed by atoms with Crippen molar-refractivity contribution in [1.82, 2.24) is 39.9 Å². The molecule has 5 aromatic rings. The second-order valence-corrected chi connectivity index (χ2v) is 10.6. The van der Waals surface area contributed by atoms with E-state index >= 15 is 0 Å². The summed E-state index contributed by atoms with van der Waals surface area (Å²) in [6.07, 6.45) is 9.69. The number of likely N-dealkylation sites (N-methyl/N-ethyl adjacent to an activating group) is 1. The number of nitrogens with zero attached hydrogens (tertiary/aromatic N) is 7. The number of fused-ring (bicyclic) bond motifs is 2. The van der Waals surface area contributed by atoms with E-state index in [-0.39, 0.29) is 0 Å². The lowest BCUT2D eigenvalue weighted by Crippen LogP contribution is -2.44. The minimum Gasteiger partial charge on any atom is -0.368 e. The van der Waals surface area contributed by atoms with Gasteiger partial charge >= 0.3 is 0 Å². The lowest BCUT2D eigenvalue weighted by atomic mass is 10.1. The van der Waals surface area contributed by atoms with Gasteiger partial charge in [-0.25, -0.2) is 9.97 Å². The first-order valence-corrected chi connectivity index (χ1v) is 13.6. The monoisotopic (exact) mass is 507 g/mol. The third kappa shape index (κ3) is 4.41. The number of piperidine rings is 1. The second kappa shape index (κ2) is 9.81. The molecular weight excluding hydrogens is 474 g/mol. The van der Waals surface area contributed by atoms with Crippen LogP contribution in [0.5, 0.6) is 0 Å². The van der Waals surface area contributed by atoms with Gasteiger partial charge in [0.25, 0.3) is 0 Å². The lowest BCUT2D eigenvalue weighted by molar-refractivity contribution is 0.220. The van der Waals surface area contributed by atoms with Crippen LogP contribution in [0.2, 0.25) is 0 Å². The molecule has 0 bridgehead atoms. The highest BCUT2D eigenvalue weighted by atomic mass is 15.2. The first-order chi connectivity index (χ1) is 18.7. The van der Waals surface area contributed by atoms with E-state index in [1.165, 1.54) is 43.6 Å². The fraction of sp³-hybridized carbons (Fsp3) is 0.379. The quantitative estimate of drug-likeness (QED) is 0.366. The maximum Gasteiger partial charge on any atom is 0.139 e. The van der Waals surface area contributed by atoms with Gasteiger partial charge in [-0.1, -0.05) is 6.42 Å². The number of aromatic amines is 2. The summed E-state index contributed by atoms with van der Waals surface area (Å²) < 4.78 is 0.